The van der Waals surface area contributed by atoms with Gasteiger partial charge in [0.05, 0.1) is 18.6 Å². The lowest BCUT2D eigenvalue weighted by Gasteiger charge is -2.28. The van der Waals surface area contributed by atoms with E-state index in [0.717, 1.165) is 5.56 Å². The molecule has 4 rings (SSSR count). The zero-order valence-electron chi connectivity index (χ0n) is 17.7. The predicted molar refractivity (Wildman–Crippen MR) is 112 cm³/mol. The second-order valence-electron chi connectivity index (χ2n) is 8.09. The van der Waals surface area contributed by atoms with Crippen molar-refractivity contribution in [2.45, 2.75) is 44.7 Å². The highest BCUT2D eigenvalue weighted by Gasteiger charge is 2.58. The van der Waals surface area contributed by atoms with Gasteiger partial charge in [-0.15, -0.1) is 0 Å². The molecule has 0 aliphatic carbocycles. The van der Waals surface area contributed by atoms with Crippen molar-refractivity contribution < 1.29 is 33.6 Å². The van der Waals surface area contributed by atoms with Gasteiger partial charge in [0.15, 0.2) is 5.78 Å². The molecule has 2 aromatic rings. The monoisotopic (exact) mass is 424 g/mol. The minimum atomic E-state index is -0.831. The Kier molecular flexibility index (Phi) is 5.23. The van der Waals surface area contributed by atoms with Gasteiger partial charge in [-0.05, 0) is 25.5 Å². The summed E-state index contributed by atoms with van der Waals surface area (Å²) < 4.78 is 22.7. The van der Waals surface area contributed by atoms with Crippen molar-refractivity contribution in [2.24, 2.45) is 0 Å². The highest BCUT2D eigenvalue weighted by molar-refractivity contribution is 6.11. The number of benzene rings is 2. The summed E-state index contributed by atoms with van der Waals surface area (Å²) in [4.78, 5) is 24.7. The number of ketones is 1. The second kappa shape index (κ2) is 7.74. The van der Waals surface area contributed by atoms with Gasteiger partial charge in [-0.1, -0.05) is 36.4 Å². The number of esters is 1. The molecular formula is C24H24O7. The van der Waals surface area contributed by atoms with Crippen molar-refractivity contribution in [2.75, 3.05) is 7.11 Å². The highest BCUT2D eigenvalue weighted by atomic mass is 16.7. The molecule has 2 aromatic carbocycles. The number of methoxy groups -OCH3 is 1. The number of rotatable bonds is 5. The first-order chi connectivity index (χ1) is 14.7. The lowest BCUT2D eigenvalue weighted by molar-refractivity contribution is -0.159. The number of allylic oxidation sites excluding steroid dienone is 1. The third-order valence-electron chi connectivity index (χ3n) is 5.55. The minimum Gasteiger partial charge on any atom is -0.507 e. The molecule has 1 saturated heterocycles. The van der Waals surface area contributed by atoms with Gasteiger partial charge in [0.1, 0.15) is 34.5 Å². The van der Waals surface area contributed by atoms with Crippen LogP contribution in [0.3, 0.4) is 0 Å². The van der Waals surface area contributed by atoms with Crippen LogP contribution < -0.4 is 9.47 Å². The number of aromatic hydroxyl groups is 1. The fraction of sp³-hybridized carbons (Fsp3) is 0.333. The van der Waals surface area contributed by atoms with Crippen LogP contribution in [0.1, 0.15) is 48.2 Å². The Morgan fingerprint density at radius 2 is 1.90 bits per heavy atom. The Balaban J connectivity index is 1.77. The average Bonchev–Trinajstić information content (AvgIpc) is 3.18. The summed E-state index contributed by atoms with van der Waals surface area (Å²) in [5, 5.41) is 11.1. The van der Waals surface area contributed by atoms with E-state index in [1.807, 2.05) is 30.3 Å². The zero-order valence-corrected chi connectivity index (χ0v) is 17.7. The molecule has 0 aromatic heterocycles. The van der Waals surface area contributed by atoms with Crippen LogP contribution in [0.4, 0.5) is 0 Å². The Morgan fingerprint density at radius 1 is 1.19 bits per heavy atom. The highest BCUT2D eigenvalue weighted by Crippen LogP contribution is 2.56. The number of hydrogen-bond donors (Lipinski definition) is 1. The first kappa shape index (κ1) is 20.9. The molecule has 162 valence electrons. The zero-order chi connectivity index (χ0) is 22.3. The van der Waals surface area contributed by atoms with Gasteiger partial charge in [-0.25, -0.2) is 0 Å². The molecule has 2 aliphatic rings. The second-order valence-corrected chi connectivity index (χ2v) is 8.09. The summed E-state index contributed by atoms with van der Waals surface area (Å²) in [7, 11) is 1.41. The molecule has 31 heavy (non-hydrogen) atoms. The standard InChI is InChI=1S/C24H24O7/c1-13(25)29-22-20-19-17(30-23(20)31-24(22,2)3)12-16(28-4)18(21(19)27)15(26)11-10-14-8-6-5-7-9-14/h5-12,20,22-23,27H,1-4H3/t20-,22-,23+/m1/s1. The van der Waals surface area contributed by atoms with Gasteiger partial charge >= 0.3 is 5.97 Å². The van der Waals surface area contributed by atoms with Gasteiger partial charge < -0.3 is 24.1 Å². The van der Waals surface area contributed by atoms with Crippen LogP contribution in [0.25, 0.3) is 6.08 Å². The van der Waals surface area contributed by atoms with E-state index >= 15 is 0 Å². The molecule has 3 atom stereocenters. The van der Waals surface area contributed by atoms with Crippen LogP contribution in [-0.2, 0) is 14.3 Å². The molecule has 7 nitrogen and oxygen atoms in total. The maximum Gasteiger partial charge on any atom is 0.303 e. The van der Waals surface area contributed by atoms with Crippen LogP contribution in [0.5, 0.6) is 17.2 Å². The third-order valence-corrected chi connectivity index (χ3v) is 5.55. The largest absolute Gasteiger partial charge is 0.507 e. The van der Waals surface area contributed by atoms with Crippen molar-refractivity contribution >= 4 is 17.8 Å². The fourth-order valence-corrected chi connectivity index (χ4v) is 4.19. The number of carbonyl (C=O) groups excluding carboxylic acids is 2. The molecule has 1 N–H and O–H groups in total. The summed E-state index contributed by atoms with van der Waals surface area (Å²) in [5.74, 6) is -1.21. The first-order valence-electron chi connectivity index (χ1n) is 9.96. The Bertz CT molecular complexity index is 1060. The van der Waals surface area contributed by atoms with E-state index in [9.17, 15) is 14.7 Å². The maximum absolute atomic E-state index is 13.0. The number of carbonyl (C=O) groups is 2. The van der Waals surface area contributed by atoms with E-state index in [1.54, 1.807) is 26.0 Å². The normalized spacial score (nSPS) is 23.2. The number of fused-ring (bicyclic) bond motifs is 3. The van der Waals surface area contributed by atoms with E-state index in [1.165, 1.54) is 20.1 Å². The summed E-state index contributed by atoms with van der Waals surface area (Å²) >= 11 is 0. The maximum atomic E-state index is 13.0. The van der Waals surface area contributed by atoms with Crippen LogP contribution in [0.15, 0.2) is 42.5 Å². The van der Waals surface area contributed by atoms with Crippen molar-refractivity contribution in [3.8, 4) is 17.2 Å². The topological polar surface area (TPSA) is 91.3 Å². The molecular weight excluding hydrogens is 400 g/mol. The van der Waals surface area contributed by atoms with Crippen molar-refractivity contribution in [1.82, 2.24) is 0 Å². The van der Waals surface area contributed by atoms with E-state index < -0.39 is 35.7 Å². The lowest BCUT2D eigenvalue weighted by atomic mass is 9.86. The predicted octanol–water partition coefficient (Wildman–Crippen LogP) is 3.84. The van der Waals surface area contributed by atoms with Gasteiger partial charge in [0.2, 0.25) is 6.29 Å². The lowest BCUT2D eigenvalue weighted by Crippen LogP contribution is -2.38. The summed E-state index contributed by atoms with van der Waals surface area (Å²) in [6.07, 6.45) is 1.59. The minimum absolute atomic E-state index is 0.0176. The Morgan fingerprint density at radius 3 is 2.55 bits per heavy atom. The van der Waals surface area contributed by atoms with Crippen molar-refractivity contribution in [3.05, 3.63) is 59.2 Å². The summed E-state index contributed by atoms with van der Waals surface area (Å²) in [5.41, 5.74) is 0.408. The fourth-order valence-electron chi connectivity index (χ4n) is 4.19. The molecule has 0 spiro atoms. The summed E-state index contributed by atoms with van der Waals surface area (Å²) in [6.45, 7) is 4.89. The third kappa shape index (κ3) is 3.65. The van der Waals surface area contributed by atoms with Gasteiger partial charge in [-0.3, -0.25) is 9.59 Å². The van der Waals surface area contributed by atoms with Crippen LogP contribution in [-0.4, -0.2) is 42.0 Å². The van der Waals surface area contributed by atoms with Gasteiger partial charge in [0, 0.05) is 13.0 Å². The van der Waals surface area contributed by atoms with Crippen molar-refractivity contribution in [3.63, 3.8) is 0 Å². The number of hydrogen-bond acceptors (Lipinski definition) is 7. The van der Waals surface area contributed by atoms with E-state index in [-0.39, 0.29) is 17.1 Å². The van der Waals surface area contributed by atoms with E-state index in [0.29, 0.717) is 11.3 Å². The van der Waals surface area contributed by atoms with Crippen molar-refractivity contribution in [1.29, 1.82) is 0 Å². The SMILES string of the molecule is COc1cc2c(c(O)c1C(=O)C=Cc1ccccc1)[C@H]1[C@@H](O2)OC(C)(C)[C@@H]1OC(C)=O. The Labute approximate surface area is 180 Å². The Hall–Kier alpha value is -3.32. The first-order valence-corrected chi connectivity index (χ1v) is 9.96. The van der Waals surface area contributed by atoms with E-state index in [4.69, 9.17) is 18.9 Å². The summed E-state index contributed by atoms with van der Waals surface area (Å²) in [6, 6.07) is 10.9. The molecule has 7 heteroatoms. The molecule has 0 saturated carbocycles. The van der Waals surface area contributed by atoms with Gasteiger partial charge in [0.25, 0.3) is 0 Å². The van der Waals surface area contributed by atoms with E-state index in [2.05, 4.69) is 0 Å². The molecule has 0 amide bonds. The molecule has 0 radical (unpaired) electrons. The number of phenolic OH excluding ortho intramolecular Hbond substituents is 1. The smallest absolute Gasteiger partial charge is 0.303 e. The van der Waals surface area contributed by atoms with Crippen LogP contribution in [0.2, 0.25) is 0 Å². The molecule has 0 unspecified atom stereocenters. The molecule has 2 heterocycles. The molecule has 1 fully saturated rings. The number of ether oxygens (including phenoxy) is 4. The number of phenols is 1. The van der Waals surface area contributed by atoms with Crippen LogP contribution in [0, 0.1) is 0 Å². The quantitative estimate of drug-likeness (QED) is 0.443. The average molecular weight is 424 g/mol. The van der Waals surface area contributed by atoms with Gasteiger partial charge in [-0.2, -0.15) is 0 Å². The molecule has 0 bridgehead atoms. The van der Waals surface area contributed by atoms with Crippen LogP contribution >= 0.6 is 0 Å². The molecule has 2 aliphatic heterocycles.